The van der Waals surface area contributed by atoms with Crippen molar-refractivity contribution < 1.29 is 12.9 Å². The summed E-state index contributed by atoms with van der Waals surface area (Å²) in [5.41, 5.74) is 5.71. The van der Waals surface area contributed by atoms with Gasteiger partial charge in [-0.25, -0.2) is 8.42 Å². The van der Waals surface area contributed by atoms with Crippen LogP contribution in [0.5, 0.6) is 0 Å². The van der Waals surface area contributed by atoms with Crippen LogP contribution in [0.3, 0.4) is 0 Å². The lowest BCUT2D eigenvalue weighted by molar-refractivity contribution is 0.393. The van der Waals surface area contributed by atoms with Gasteiger partial charge in [0, 0.05) is 11.3 Å². The van der Waals surface area contributed by atoms with Gasteiger partial charge in [-0.15, -0.1) is 0 Å². The molecule has 0 unspecified atom stereocenters. The first kappa shape index (κ1) is 18.2. The highest BCUT2D eigenvalue weighted by Crippen LogP contribution is 2.31. The standard InChI is InChI=1S/C20H22N2O3S/c1-12-7-9-18(10-14(12)3)22-26(23,24)19-11-17(8-6-13(19)2)20-15(4)21-25-16(20)5/h6-11,22H,1-5H3. The van der Waals surface area contributed by atoms with Crippen LogP contribution < -0.4 is 4.72 Å². The van der Waals surface area contributed by atoms with Gasteiger partial charge in [0.25, 0.3) is 10.0 Å². The van der Waals surface area contributed by atoms with Crippen LogP contribution in [0.25, 0.3) is 11.1 Å². The number of sulfonamides is 1. The van der Waals surface area contributed by atoms with Crippen LogP contribution in [0, 0.1) is 34.6 Å². The molecule has 0 aliphatic rings. The van der Waals surface area contributed by atoms with Crippen LogP contribution in [-0.2, 0) is 10.0 Å². The molecule has 26 heavy (non-hydrogen) atoms. The third-order valence-electron chi connectivity index (χ3n) is 4.56. The van der Waals surface area contributed by atoms with E-state index in [1.807, 2.05) is 45.9 Å². The van der Waals surface area contributed by atoms with Crippen molar-refractivity contribution in [2.45, 2.75) is 39.5 Å². The van der Waals surface area contributed by atoms with Gasteiger partial charge >= 0.3 is 0 Å². The number of nitrogens with zero attached hydrogens (tertiary/aromatic N) is 1. The van der Waals surface area contributed by atoms with Crippen molar-refractivity contribution in [2.24, 2.45) is 0 Å². The van der Waals surface area contributed by atoms with E-state index in [1.54, 1.807) is 25.1 Å². The fourth-order valence-electron chi connectivity index (χ4n) is 2.96. The SMILES string of the molecule is Cc1ccc(NS(=O)(=O)c2cc(-c3c(C)noc3C)ccc2C)cc1C. The lowest BCUT2D eigenvalue weighted by Gasteiger charge is -2.13. The first-order valence-corrected chi connectivity index (χ1v) is 9.81. The van der Waals surface area contributed by atoms with Gasteiger partial charge in [0.15, 0.2) is 0 Å². The normalized spacial score (nSPS) is 11.6. The van der Waals surface area contributed by atoms with Gasteiger partial charge in [0.05, 0.1) is 10.6 Å². The molecule has 5 nitrogen and oxygen atoms in total. The van der Waals surface area contributed by atoms with Crippen LogP contribution in [-0.4, -0.2) is 13.6 Å². The summed E-state index contributed by atoms with van der Waals surface area (Å²) >= 11 is 0. The molecule has 0 saturated heterocycles. The first-order valence-electron chi connectivity index (χ1n) is 8.33. The minimum absolute atomic E-state index is 0.244. The Hall–Kier alpha value is -2.60. The summed E-state index contributed by atoms with van der Waals surface area (Å²) in [6.45, 7) is 9.39. The van der Waals surface area contributed by atoms with E-state index in [0.29, 0.717) is 17.0 Å². The third-order valence-corrected chi connectivity index (χ3v) is 6.08. The molecule has 3 rings (SSSR count). The predicted molar refractivity (Wildman–Crippen MR) is 103 cm³/mol. The van der Waals surface area contributed by atoms with Crippen LogP contribution in [0.15, 0.2) is 45.8 Å². The average molecular weight is 370 g/mol. The van der Waals surface area contributed by atoms with E-state index < -0.39 is 10.0 Å². The van der Waals surface area contributed by atoms with E-state index in [1.165, 1.54) is 0 Å². The van der Waals surface area contributed by atoms with E-state index in [4.69, 9.17) is 4.52 Å². The fourth-order valence-corrected chi connectivity index (χ4v) is 4.28. The van der Waals surface area contributed by atoms with Crippen LogP contribution in [0.1, 0.15) is 28.1 Å². The molecule has 0 atom stereocenters. The lowest BCUT2D eigenvalue weighted by Crippen LogP contribution is -2.14. The average Bonchev–Trinajstić information content (AvgIpc) is 2.90. The summed E-state index contributed by atoms with van der Waals surface area (Å²) in [5, 5.41) is 3.95. The zero-order valence-corrected chi connectivity index (χ0v) is 16.4. The molecule has 1 N–H and O–H groups in total. The predicted octanol–water partition coefficient (Wildman–Crippen LogP) is 4.68. The molecule has 0 spiro atoms. The molecule has 0 saturated carbocycles. The number of hydrogen-bond acceptors (Lipinski definition) is 4. The zero-order chi connectivity index (χ0) is 19.1. The number of aromatic nitrogens is 1. The highest BCUT2D eigenvalue weighted by Gasteiger charge is 2.20. The maximum atomic E-state index is 13.0. The van der Waals surface area contributed by atoms with Gasteiger partial charge in [-0.3, -0.25) is 4.72 Å². The number of rotatable bonds is 4. The van der Waals surface area contributed by atoms with Gasteiger partial charge in [-0.1, -0.05) is 23.4 Å². The van der Waals surface area contributed by atoms with Crippen molar-refractivity contribution >= 4 is 15.7 Å². The Morgan fingerprint density at radius 1 is 0.885 bits per heavy atom. The highest BCUT2D eigenvalue weighted by molar-refractivity contribution is 7.92. The van der Waals surface area contributed by atoms with Gasteiger partial charge in [0.1, 0.15) is 5.76 Å². The van der Waals surface area contributed by atoms with Gasteiger partial charge in [0.2, 0.25) is 0 Å². The molecular formula is C20H22N2O3S. The summed E-state index contributed by atoms with van der Waals surface area (Å²) in [5.74, 6) is 0.664. The molecule has 0 radical (unpaired) electrons. The monoisotopic (exact) mass is 370 g/mol. The van der Waals surface area contributed by atoms with Crippen molar-refractivity contribution in [2.75, 3.05) is 4.72 Å². The molecule has 0 amide bonds. The Labute approximate surface area is 154 Å². The molecule has 136 valence electrons. The third kappa shape index (κ3) is 3.37. The summed E-state index contributed by atoms with van der Waals surface area (Å²) in [7, 11) is -3.71. The number of benzene rings is 2. The summed E-state index contributed by atoms with van der Waals surface area (Å²) in [6.07, 6.45) is 0. The molecule has 0 aliphatic heterocycles. The van der Waals surface area contributed by atoms with Crippen LogP contribution >= 0.6 is 0 Å². The summed E-state index contributed by atoms with van der Waals surface area (Å²) < 4.78 is 33.8. The van der Waals surface area contributed by atoms with E-state index >= 15 is 0 Å². The second-order valence-electron chi connectivity index (χ2n) is 6.58. The van der Waals surface area contributed by atoms with Crippen molar-refractivity contribution in [3.63, 3.8) is 0 Å². The quantitative estimate of drug-likeness (QED) is 0.723. The maximum Gasteiger partial charge on any atom is 0.262 e. The minimum Gasteiger partial charge on any atom is -0.361 e. The fraction of sp³-hybridized carbons (Fsp3) is 0.250. The van der Waals surface area contributed by atoms with Crippen molar-refractivity contribution in [1.82, 2.24) is 5.16 Å². The topological polar surface area (TPSA) is 72.2 Å². The molecule has 1 heterocycles. The smallest absolute Gasteiger partial charge is 0.262 e. The molecule has 0 fully saturated rings. The Kier molecular flexibility index (Phi) is 4.63. The summed E-state index contributed by atoms with van der Waals surface area (Å²) in [4.78, 5) is 0.244. The first-order chi connectivity index (χ1) is 12.2. The van der Waals surface area contributed by atoms with Crippen LogP contribution in [0.4, 0.5) is 5.69 Å². The highest BCUT2D eigenvalue weighted by atomic mass is 32.2. The Balaban J connectivity index is 2.04. The van der Waals surface area contributed by atoms with Gasteiger partial charge < -0.3 is 4.52 Å². The number of hydrogen-bond donors (Lipinski definition) is 1. The Morgan fingerprint density at radius 2 is 1.58 bits per heavy atom. The zero-order valence-electron chi connectivity index (χ0n) is 15.5. The lowest BCUT2D eigenvalue weighted by atomic mass is 10.0. The second kappa shape index (κ2) is 6.61. The molecule has 0 bridgehead atoms. The van der Waals surface area contributed by atoms with Crippen molar-refractivity contribution in [3.05, 3.63) is 64.5 Å². The number of aryl methyl sites for hydroxylation is 5. The van der Waals surface area contributed by atoms with E-state index in [-0.39, 0.29) is 4.90 Å². The molecular weight excluding hydrogens is 348 g/mol. The van der Waals surface area contributed by atoms with Crippen molar-refractivity contribution in [1.29, 1.82) is 0 Å². The molecule has 2 aromatic carbocycles. The maximum absolute atomic E-state index is 13.0. The largest absolute Gasteiger partial charge is 0.361 e. The minimum atomic E-state index is -3.71. The number of nitrogens with one attached hydrogen (secondary N) is 1. The van der Waals surface area contributed by atoms with Crippen LogP contribution in [0.2, 0.25) is 0 Å². The molecule has 1 aromatic heterocycles. The second-order valence-corrected chi connectivity index (χ2v) is 8.23. The summed E-state index contributed by atoms with van der Waals surface area (Å²) in [6, 6.07) is 10.9. The Bertz CT molecular complexity index is 1060. The van der Waals surface area contributed by atoms with Crippen molar-refractivity contribution in [3.8, 4) is 11.1 Å². The van der Waals surface area contributed by atoms with E-state index in [2.05, 4.69) is 9.88 Å². The van der Waals surface area contributed by atoms with Gasteiger partial charge in [-0.2, -0.15) is 0 Å². The molecule has 3 aromatic rings. The number of anilines is 1. The van der Waals surface area contributed by atoms with E-state index in [9.17, 15) is 8.42 Å². The molecule has 0 aliphatic carbocycles. The Morgan fingerprint density at radius 3 is 2.19 bits per heavy atom. The molecule has 6 heteroatoms. The van der Waals surface area contributed by atoms with Gasteiger partial charge in [-0.05, 0) is 75.1 Å². The van der Waals surface area contributed by atoms with E-state index in [0.717, 1.165) is 27.9 Å².